The van der Waals surface area contributed by atoms with Gasteiger partial charge in [-0.25, -0.2) is 0 Å². The summed E-state index contributed by atoms with van der Waals surface area (Å²) in [5, 5.41) is 0. The minimum atomic E-state index is -3.19. The summed E-state index contributed by atoms with van der Waals surface area (Å²) < 4.78 is 27.0. The topological polar surface area (TPSA) is 40.6 Å². The monoisotopic (exact) mass is 220 g/mol. The molecule has 0 unspecified atom stereocenters. The van der Waals surface area contributed by atoms with E-state index in [1.165, 1.54) is 4.31 Å². The largest absolute Gasteiger partial charge is 0.281 e. The van der Waals surface area contributed by atoms with E-state index >= 15 is 0 Å². The first kappa shape index (κ1) is 11.9. The van der Waals surface area contributed by atoms with Gasteiger partial charge in [0.25, 0.3) is 10.2 Å². The first-order valence-electron chi connectivity index (χ1n) is 5.19. The molecule has 4 nitrogen and oxygen atoms in total. The average Bonchev–Trinajstić information content (AvgIpc) is 2.18. The van der Waals surface area contributed by atoms with Crippen LogP contribution in [0.25, 0.3) is 0 Å². The van der Waals surface area contributed by atoms with Crippen LogP contribution >= 0.6 is 0 Å². The van der Waals surface area contributed by atoms with Gasteiger partial charge < -0.3 is 0 Å². The summed E-state index contributed by atoms with van der Waals surface area (Å²) in [6, 6.07) is 0.0296. The molecule has 0 N–H and O–H groups in total. The van der Waals surface area contributed by atoms with Crippen LogP contribution in [0.2, 0.25) is 0 Å². The van der Waals surface area contributed by atoms with Crippen LogP contribution in [0.4, 0.5) is 0 Å². The van der Waals surface area contributed by atoms with E-state index in [1.807, 2.05) is 13.8 Å². The molecule has 0 aromatic heterocycles. The molecule has 0 atom stereocenters. The minimum Gasteiger partial charge on any atom is -0.195 e. The number of piperidine rings is 1. The Bertz CT molecular complexity index is 269. The summed E-state index contributed by atoms with van der Waals surface area (Å²) in [5.74, 6) is 0. The lowest BCUT2D eigenvalue weighted by Gasteiger charge is -2.31. The fourth-order valence-electron chi connectivity index (χ4n) is 1.54. The van der Waals surface area contributed by atoms with Crippen LogP contribution in [0, 0.1) is 0 Å². The molecule has 1 fully saturated rings. The Hall–Kier alpha value is -0.130. The highest BCUT2D eigenvalue weighted by molar-refractivity contribution is 7.86. The molecule has 14 heavy (non-hydrogen) atoms. The van der Waals surface area contributed by atoms with Gasteiger partial charge in [-0.15, -0.1) is 0 Å². The summed E-state index contributed by atoms with van der Waals surface area (Å²) in [6.45, 7) is 5.14. The van der Waals surface area contributed by atoms with Crippen LogP contribution in [0.3, 0.4) is 0 Å². The van der Waals surface area contributed by atoms with Gasteiger partial charge in [0.15, 0.2) is 0 Å². The SMILES string of the molecule is CC(C)N(C)S(=O)(=O)N1CCCCC1. The molecular weight excluding hydrogens is 200 g/mol. The Morgan fingerprint density at radius 3 is 2.07 bits per heavy atom. The van der Waals surface area contributed by atoms with E-state index in [0.717, 1.165) is 19.3 Å². The Kier molecular flexibility index (Phi) is 3.92. The zero-order chi connectivity index (χ0) is 10.8. The first-order chi connectivity index (χ1) is 6.46. The third kappa shape index (κ3) is 2.46. The van der Waals surface area contributed by atoms with E-state index < -0.39 is 10.2 Å². The van der Waals surface area contributed by atoms with Gasteiger partial charge in [0.2, 0.25) is 0 Å². The van der Waals surface area contributed by atoms with Gasteiger partial charge in [0, 0.05) is 26.2 Å². The number of nitrogens with zero attached hydrogens (tertiary/aromatic N) is 2. The standard InChI is InChI=1S/C9H20N2O2S/c1-9(2)10(3)14(12,13)11-7-5-4-6-8-11/h9H,4-8H2,1-3H3. The quantitative estimate of drug-likeness (QED) is 0.713. The van der Waals surface area contributed by atoms with E-state index in [4.69, 9.17) is 0 Å². The maximum atomic E-state index is 12.0. The minimum absolute atomic E-state index is 0.0296. The molecule has 0 aromatic rings. The zero-order valence-electron chi connectivity index (χ0n) is 9.23. The van der Waals surface area contributed by atoms with Gasteiger partial charge in [-0.05, 0) is 26.7 Å². The van der Waals surface area contributed by atoms with Crippen molar-refractivity contribution in [2.75, 3.05) is 20.1 Å². The van der Waals surface area contributed by atoms with Gasteiger partial charge >= 0.3 is 0 Å². The van der Waals surface area contributed by atoms with Crippen LogP contribution < -0.4 is 0 Å². The molecular formula is C9H20N2O2S. The fraction of sp³-hybridized carbons (Fsp3) is 1.00. The Labute approximate surface area is 87.1 Å². The second kappa shape index (κ2) is 4.59. The normalized spacial score (nSPS) is 20.6. The first-order valence-corrected chi connectivity index (χ1v) is 6.59. The smallest absolute Gasteiger partial charge is 0.195 e. The van der Waals surface area contributed by atoms with Crippen LogP contribution in [0.15, 0.2) is 0 Å². The lowest BCUT2D eigenvalue weighted by Crippen LogP contribution is -2.46. The van der Waals surface area contributed by atoms with Crippen molar-refractivity contribution in [2.24, 2.45) is 0 Å². The van der Waals surface area contributed by atoms with Gasteiger partial charge in [0.05, 0.1) is 0 Å². The van der Waals surface area contributed by atoms with E-state index in [0.29, 0.717) is 13.1 Å². The van der Waals surface area contributed by atoms with Crippen LogP contribution in [-0.4, -0.2) is 43.2 Å². The highest BCUT2D eigenvalue weighted by Crippen LogP contribution is 2.16. The Morgan fingerprint density at radius 2 is 1.64 bits per heavy atom. The molecule has 0 radical (unpaired) electrons. The highest BCUT2D eigenvalue weighted by atomic mass is 32.2. The van der Waals surface area contributed by atoms with Crippen molar-refractivity contribution < 1.29 is 8.42 Å². The molecule has 1 heterocycles. The Morgan fingerprint density at radius 1 is 1.14 bits per heavy atom. The maximum absolute atomic E-state index is 12.0. The zero-order valence-corrected chi connectivity index (χ0v) is 10.0. The summed E-state index contributed by atoms with van der Waals surface area (Å²) in [5.41, 5.74) is 0. The molecule has 0 amide bonds. The van der Waals surface area contributed by atoms with Crippen molar-refractivity contribution in [2.45, 2.75) is 39.2 Å². The molecule has 0 bridgehead atoms. The Balaban J connectivity index is 2.73. The number of rotatable bonds is 3. The van der Waals surface area contributed by atoms with Crippen molar-refractivity contribution in [3.63, 3.8) is 0 Å². The predicted molar refractivity (Wildman–Crippen MR) is 57.2 cm³/mol. The van der Waals surface area contributed by atoms with Crippen molar-refractivity contribution in [1.29, 1.82) is 0 Å². The second-order valence-corrected chi connectivity index (χ2v) is 6.07. The molecule has 0 aliphatic carbocycles. The average molecular weight is 220 g/mol. The van der Waals surface area contributed by atoms with Crippen molar-refractivity contribution in [1.82, 2.24) is 8.61 Å². The summed E-state index contributed by atoms with van der Waals surface area (Å²) >= 11 is 0. The van der Waals surface area contributed by atoms with Crippen LogP contribution in [-0.2, 0) is 10.2 Å². The van der Waals surface area contributed by atoms with E-state index in [-0.39, 0.29) is 6.04 Å². The molecule has 0 saturated carbocycles. The summed E-state index contributed by atoms with van der Waals surface area (Å²) in [7, 11) is -1.55. The molecule has 0 spiro atoms. The molecule has 1 aliphatic heterocycles. The van der Waals surface area contributed by atoms with Crippen LogP contribution in [0.1, 0.15) is 33.1 Å². The third-order valence-corrected chi connectivity index (χ3v) is 4.90. The molecule has 0 aromatic carbocycles. The van der Waals surface area contributed by atoms with Crippen LogP contribution in [0.5, 0.6) is 0 Å². The fourth-order valence-corrected chi connectivity index (χ4v) is 3.16. The van der Waals surface area contributed by atoms with Crippen molar-refractivity contribution in [3.8, 4) is 0 Å². The van der Waals surface area contributed by atoms with Gasteiger partial charge in [-0.3, -0.25) is 0 Å². The molecule has 1 rings (SSSR count). The van der Waals surface area contributed by atoms with Gasteiger partial charge in [-0.1, -0.05) is 6.42 Å². The second-order valence-electron chi connectivity index (χ2n) is 4.08. The number of hydrogen-bond donors (Lipinski definition) is 0. The summed E-state index contributed by atoms with van der Waals surface area (Å²) in [4.78, 5) is 0. The van der Waals surface area contributed by atoms with E-state index in [1.54, 1.807) is 11.4 Å². The summed E-state index contributed by atoms with van der Waals surface area (Å²) in [6.07, 6.45) is 3.13. The number of hydrogen-bond acceptors (Lipinski definition) is 2. The van der Waals surface area contributed by atoms with E-state index in [9.17, 15) is 8.42 Å². The van der Waals surface area contributed by atoms with E-state index in [2.05, 4.69) is 0 Å². The molecule has 1 saturated heterocycles. The lowest BCUT2D eigenvalue weighted by molar-refractivity contribution is 0.301. The van der Waals surface area contributed by atoms with Crippen molar-refractivity contribution >= 4 is 10.2 Å². The highest BCUT2D eigenvalue weighted by Gasteiger charge is 2.29. The predicted octanol–water partition coefficient (Wildman–Crippen LogP) is 1.06. The van der Waals surface area contributed by atoms with Gasteiger partial charge in [0.1, 0.15) is 0 Å². The molecule has 1 aliphatic rings. The molecule has 5 heteroatoms. The third-order valence-electron chi connectivity index (χ3n) is 2.73. The molecule has 84 valence electrons. The van der Waals surface area contributed by atoms with Gasteiger partial charge in [-0.2, -0.15) is 17.0 Å². The maximum Gasteiger partial charge on any atom is 0.281 e. The lowest BCUT2D eigenvalue weighted by atomic mass is 10.2. The van der Waals surface area contributed by atoms with Crippen molar-refractivity contribution in [3.05, 3.63) is 0 Å².